The highest BCUT2D eigenvalue weighted by molar-refractivity contribution is 7.99. The molecule has 1 aromatic carbocycles. The average molecular weight is 376 g/mol. The number of aryl methyl sites for hydroxylation is 1. The summed E-state index contributed by atoms with van der Waals surface area (Å²) in [4.78, 5) is 23.4. The monoisotopic (exact) mass is 376 g/mol. The molecule has 0 atom stereocenters. The van der Waals surface area contributed by atoms with Crippen molar-refractivity contribution in [1.29, 1.82) is 0 Å². The van der Waals surface area contributed by atoms with Crippen molar-refractivity contribution in [1.82, 2.24) is 10.2 Å². The zero-order chi connectivity index (χ0) is 17.8. The van der Waals surface area contributed by atoms with Crippen LogP contribution in [-0.4, -0.2) is 26.8 Å². The van der Waals surface area contributed by atoms with E-state index in [2.05, 4.69) is 15.5 Å². The van der Waals surface area contributed by atoms with Gasteiger partial charge in [0.05, 0.1) is 15.6 Å². The molecule has 2 aromatic heterocycles. The van der Waals surface area contributed by atoms with E-state index in [0.29, 0.717) is 5.89 Å². The largest absolute Gasteiger partial charge is 0.410 e. The Morgan fingerprint density at radius 3 is 2.96 bits per heavy atom. The van der Waals surface area contributed by atoms with Crippen molar-refractivity contribution in [2.45, 2.75) is 12.1 Å². The van der Waals surface area contributed by atoms with Crippen molar-refractivity contribution < 1.29 is 14.1 Å². The van der Waals surface area contributed by atoms with Crippen molar-refractivity contribution in [3.63, 3.8) is 0 Å². The number of thioether (sulfide) groups is 1. The number of hydrogen-bond acceptors (Lipinski definition) is 8. The third kappa shape index (κ3) is 4.22. The van der Waals surface area contributed by atoms with Gasteiger partial charge in [0.2, 0.25) is 5.91 Å². The van der Waals surface area contributed by atoms with Gasteiger partial charge in [-0.05, 0) is 30.0 Å². The van der Waals surface area contributed by atoms with Gasteiger partial charge in [-0.3, -0.25) is 14.9 Å². The second-order valence-electron chi connectivity index (χ2n) is 4.96. The number of nitrogens with one attached hydrogen (secondary N) is 1. The van der Waals surface area contributed by atoms with Gasteiger partial charge < -0.3 is 9.73 Å². The first-order chi connectivity index (χ1) is 12.0. The van der Waals surface area contributed by atoms with Crippen molar-refractivity contribution in [3.05, 3.63) is 51.4 Å². The van der Waals surface area contributed by atoms with E-state index in [9.17, 15) is 14.9 Å². The maximum absolute atomic E-state index is 12.0. The van der Waals surface area contributed by atoms with Crippen LogP contribution in [0.2, 0.25) is 0 Å². The Hall–Kier alpha value is -2.72. The molecule has 0 saturated heterocycles. The Morgan fingerprint density at radius 1 is 1.40 bits per heavy atom. The minimum Gasteiger partial charge on any atom is -0.410 e. The van der Waals surface area contributed by atoms with Crippen molar-refractivity contribution >= 4 is 40.4 Å². The van der Waals surface area contributed by atoms with E-state index >= 15 is 0 Å². The predicted octanol–water partition coefficient (Wildman–Crippen LogP) is 3.75. The number of aromatic nitrogens is 2. The summed E-state index contributed by atoms with van der Waals surface area (Å²) in [5.41, 5.74) is 0.758. The highest BCUT2D eigenvalue weighted by Gasteiger charge is 2.17. The highest BCUT2D eigenvalue weighted by atomic mass is 32.2. The van der Waals surface area contributed by atoms with Gasteiger partial charge in [-0.2, -0.15) is 0 Å². The van der Waals surface area contributed by atoms with Gasteiger partial charge in [0, 0.05) is 6.07 Å². The van der Waals surface area contributed by atoms with Crippen LogP contribution in [-0.2, 0) is 4.79 Å². The van der Waals surface area contributed by atoms with E-state index in [1.165, 1.54) is 23.5 Å². The van der Waals surface area contributed by atoms with Gasteiger partial charge in [-0.25, -0.2) is 0 Å². The normalized spacial score (nSPS) is 10.6. The summed E-state index contributed by atoms with van der Waals surface area (Å²) in [6.07, 6.45) is 0. The van der Waals surface area contributed by atoms with Gasteiger partial charge in [-0.15, -0.1) is 21.5 Å². The number of hydrogen-bond donors (Lipinski definition) is 1. The summed E-state index contributed by atoms with van der Waals surface area (Å²) in [7, 11) is 0. The lowest BCUT2D eigenvalue weighted by Crippen LogP contribution is -2.15. The first-order valence-corrected chi connectivity index (χ1v) is 8.94. The number of anilines is 1. The van der Waals surface area contributed by atoms with Gasteiger partial charge in [0.25, 0.3) is 16.8 Å². The van der Waals surface area contributed by atoms with Crippen LogP contribution in [0.1, 0.15) is 5.56 Å². The third-order valence-electron chi connectivity index (χ3n) is 3.09. The van der Waals surface area contributed by atoms with Crippen molar-refractivity contribution in [3.8, 4) is 10.8 Å². The fraction of sp³-hybridized carbons (Fsp3) is 0.133. The number of rotatable bonds is 6. The van der Waals surface area contributed by atoms with Crippen molar-refractivity contribution in [2.75, 3.05) is 11.1 Å². The van der Waals surface area contributed by atoms with Gasteiger partial charge >= 0.3 is 0 Å². The first kappa shape index (κ1) is 17.1. The molecule has 0 aliphatic carbocycles. The minimum atomic E-state index is -0.527. The molecule has 0 fully saturated rings. The van der Waals surface area contributed by atoms with Crippen LogP contribution in [0.25, 0.3) is 10.8 Å². The van der Waals surface area contributed by atoms with E-state index in [4.69, 9.17) is 4.42 Å². The third-order valence-corrected chi connectivity index (χ3v) is 4.77. The molecular formula is C15H12N4O4S2. The Balaban J connectivity index is 1.61. The Labute approximate surface area is 150 Å². The van der Waals surface area contributed by atoms with E-state index < -0.39 is 10.8 Å². The molecule has 0 bridgehead atoms. The molecule has 128 valence electrons. The summed E-state index contributed by atoms with van der Waals surface area (Å²) in [6, 6.07) is 8.35. The maximum atomic E-state index is 12.0. The maximum Gasteiger partial charge on any atom is 0.293 e. The van der Waals surface area contributed by atoms with Crippen LogP contribution >= 0.6 is 23.1 Å². The number of nitro groups is 1. The Morgan fingerprint density at radius 2 is 2.24 bits per heavy atom. The molecule has 3 aromatic rings. The number of thiophene rings is 1. The summed E-state index contributed by atoms with van der Waals surface area (Å²) in [5.74, 6) is -0.00296. The second-order valence-corrected chi connectivity index (χ2v) is 6.84. The first-order valence-electron chi connectivity index (χ1n) is 7.08. The molecule has 8 nitrogen and oxygen atoms in total. The van der Waals surface area contributed by atoms with E-state index in [1.807, 2.05) is 17.5 Å². The number of amides is 1. The number of benzene rings is 1. The molecule has 0 spiro atoms. The predicted molar refractivity (Wildman–Crippen MR) is 94.8 cm³/mol. The molecule has 0 saturated carbocycles. The Bertz CT molecular complexity index is 908. The molecule has 0 aliphatic heterocycles. The van der Waals surface area contributed by atoms with E-state index in [0.717, 1.165) is 22.2 Å². The van der Waals surface area contributed by atoms with Crippen LogP contribution in [0.3, 0.4) is 0 Å². The fourth-order valence-corrected chi connectivity index (χ4v) is 3.19. The smallest absolute Gasteiger partial charge is 0.293 e. The molecule has 0 unspecified atom stereocenters. The van der Waals surface area contributed by atoms with E-state index in [1.54, 1.807) is 13.0 Å². The molecule has 3 rings (SSSR count). The van der Waals surface area contributed by atoms with Crippen LogP contribution in [0, 0.1) is 17.0 Å². The standard InChI is InChI=1S/C15H12N4O4S2/c1-9-4-5-10(11(7-9)19(21)22)16-13(20)8-25-15-18-17-14(23-15)12-3-2-6-24-12/h2-7H,8H2,1H3,(H,16,20). The fourth-order valence-electron chi connectivity index (χ4n) is 1.98. The molecular weight excluding hydrogens is 364 g/mol. The molecule has 25 heavy (non-hydrogen) atoms. The second kappa shape index (κ2) is 7.45. The number of nitrogens with zero attached hydrogens (tertiary/aromatic N) is 3. The topological polar surface area (TPSA) is 111 Å². The molecule has 1 amide bonds. The molecule has 0 radical (unpaired) electrons. The number of carbonyl (C=O) groups excluding carboxylic acids is 1. The van der Waals surface area contributed by atoms with Crippen LogP contribution < -0.4 is 5.32 Å². The summed E-state index contributed by atoms with van der Waals surface area (Å²) >= 11 is 2.54. The lowest BCUT2D eigenvalue weighted by atomic mass is 10.2. The Kier molecular flexibility index (Phi) is 5.10. The van der Waals surface area contributed by atoms with Crippen LogP contribution in [0.15, 0.2) is 45.4 Å². The SMILES string of the molecule is Cc1ccc(NC(=O)CSc2nnc(-c3cccs3)o2)c([N+](=O)[O-])c1. The molecule has 1 N–H and O–H groups in total. The number of nitro benzene ring substituents is 1. The summed E-state index contributed by atoms with van der Waals surface area (Å²) in [5, 5.41) is 23.6. The van der Waals surface area contributed by atoms with Crippen LogP contribution in [0.5, 0.6) is 0 Å². The zero-order valence-corrected chi connectivity index (χ0v) is 14.6. The average Bonchev–Trinajstić information content (AvgIpc) is 3.25. The highest BCUT2D eigenvalue weighted by Crippen LogP contribution is 2.28. The quantitative estimate of drug-likeness (QED) is 0.396. The number of carbonyl (C=O) groups is 1. The van der Waals surface area contributed by atoms with Crippen LogP contribution in [0.4, 0.5) is 11.4 Å². The molecule has 10 heteroatoms. The molecule has 0 aliphatic rings. The van der Waals surface area contributed by atoms with Gasteiger partial charge in [0.1, 0.15) is 5.69 Å². The lowest BCUT2D eigenvalue weighted by molar-refractivity contribution is -0.384. The van der Waals surface area contributed by atoms with Gasteiger partial charge in [0.15, 0.2) is 0 Å². The molecule has 2 heterocycles. The van der Waals surface area contributed by atoms with Crippen molar-refractivity contribution in [2.24, 2.45) is 0 Å². The van der Waals surface area contributed by atoms with Gasteiger partial charge in [-0.1, -0.05) is 23.9 Å². The minimum absolute atomic E-state index is 0.00287. The zero-order valence-electron chi connectivity index (χ0n) is 13.0. The lowest BCUT2D eigenvalue weighted by Gasteiger charge is -2.05. The van der Waals surface area contributed by atoms with E-state index in [-0.39, 0.29) is 22.4 Å². The summed E-state index contributed by atoms with van der Waals surface area (Å²) in [6.45, 7) is 1.75. The summed E-state index contributed by atoms with van der Waals surface area (Å²) < 4.78 is 5.47.